The van der Waals surface area contributed by atoms with Crippen molar-refractivity contribution in [3.05, 3.63) is 48.4 Å². The maximum absolute atomic E-state index is 11.8. The molecule has 0 radical (unpaired) electrons. The van der Waals surface area contributed by atoms with Crippen LogP contribution >= 0.6 is 0 Å². The smallest absolute Gasteiger partial charge is 0.219 e. The third-order valence-electron chi connectivity index (χ3n) is 6.33. The minimum absolute atomic E-state index is 0.127. The van der Waals surface area contributed by atoms with Gasteiger partial charge in [0.1, 0.15) is 0 Å². The third-order valence-corrected chi connectivity index (χ3v) is 6.33. The van der Waals surface area contributed by atoms with Crippen molar-refractivity contribution in [1.29, 1.82) is 0 Å². The van der Waals surface area contributed by atoms with Gasteiger partial charge >= 0.3 is 0 Å². The first kappa shape index (κ1) is 18.9. The zero-order valence-electron chi connectivity index (χ0n) is 17.5. The molecule has 1 aliphatic carbocycles. The first-order valence-electron chi connectivity index (χ1n) is 10.7. The van der Waals surface area contributed by atoms with Gasteiger partial charge in [-0.2, -0.15) is 0 Å². The topological polar surface area (TPSA) is 75.4 Å². The molecule has 2 aromatic heterocycles. The summed E-state index contributed by atoms with van der Waals surface area (Å²) in [7, 11) is 0. The van der Waals surface area contributed by atoms with Crippen LogP contribution in [0.1, 0.15) is 38.3 Å². The number of piperazine rings is 1. The number of rotatable bonds is 3. The Balaban J connectivity index is 1.57. The molecule has 3 aromatic rings. The van der Waals surface area contributed by atoms with Crippen molar-refractivity contribution in [2.45, 2.75) is 38.6 Å². The molecule has 1 amide bonds. The second-order valence-corrected chi connectivity index (χ2v) is 8.52. The fourth-order valence-electron chi connectivity index (χ4n) is 4.65. The van der Waals surface area contributed by atoms with Gasteiger partial charge in [-0.3, -0.25) is 9.78 Å². The van der Waals surface area contributed by atoms with Crippen molar-refractivity contribution in [2.24, 2.45) is 0 Å². The molecule has 1 saturated heterocycles. The zero-order valence-corrected chi connectivity index (χ0v) is 17.5. The number of nitrogen functional groups attached to an aromatic ring is 1. The lowest BCUT2D eigenvalue weighted by molar-refractivity contribution is -0.131. The van der Waals surface area contributed by atoms with E-state index in [1.165, 1.54) is 18.2 Å². The summed E-state index contributed by atoms with van der Waals surface area (Å²) in [5, 5.41) is 2.29. The summed E-state index contributed by atoms with van der Waals surface area (Å²) in [6, 6.07) is 10.6. The van der Waals surface area contributed by atoms with Gasteiger partial charge < -0.3 is 15.5 Å². The summed E-state index contributed by atoms with van der Waals surface area (Å²) >= 11 is 0. The SMILES string of the molecule is CC(=O)N1CCN(c2nc(C3CC3)c(-c3cccc4cnccc34)cc2N)C[C@H]1C. The molecule has 6 heteroatoms. The van der Waals surface area contributed by atoms with E-state index in [1.807, 2.05) is 17.3 Å². The Labute approximate surface area is 176 Å². The van der Waals surface area contributed by atoms with Gasteiger partial charge in [0.2, 0.25) is 5.91 Å². The lowest BCUT2D eigenvalue weighted by atomic mass is 9.96. The van der Waals surface area contributed by atoms with Crippen molar-refractivity contribution in [1.82, 2.24) is 14.9 Å². The summed E-state index contributed by atoms with van der Waals surface area (Å²) in [5.74, 6) is 1.48. The highest BCUT2D eigenvalue weighted by Gasteiger charge is 2.32. The molecule has 30 heavy (non-hydrogen) atoms. The molecule has 2 aliphatic rings. The first-order chi connectivity index (χ1) is 14.5. The Morgan fingerprint density at radius 1 is 1.17 bits per heavy atom. The summed E-state index contributed by atoms with van der Waals surface area (Å²) in [6.45, 7) is 5.93. The molecule has 1 saturated carbocycles. The minimum atomic E-state index is 0.127. The van der Waals surface area contributed by atoms with Gasteiger partial charge in [0.05, 0.1) is 11.4 Å². The Kier molecular flexibility index (Phi) is 4.57. The molecule has 1 atom stereocenters. The lowest BCUT2D eigenvalue weighted by Crippen LogP contribution is -2.53. The Morgan fingerprint density at radius 2 is 2.00 bits per heavy atom. The third kappa shape index (κ3) is 3.26. The predicted octanol–water partition coefficient (Wildman–Crippen LogP) is 3.81. The number of carbonyl (C=O) groups excluding carboxylic acids is 1. The predicted molar refractivity (Wildman–Crippen MR) is 120 cm³/mol. The van der Waals surface area contributed by atoms with Crippen LogP contribution in [0.25, 0.3) is 21.9 Å². The molecule has 154 valence electrons. The van der Waals surface area contributed by atoms with Gasteiger partial charge in [-0.25, -0.2) is 4.98 Å². The van der Waals surface area contributed by atoms with E-state index in [4.69, 9.17) is 10.7 Å². The lowest BCUT2D eigenvalue weighted by Gasteiger charge is -2.40. The number of hydrogen-bond acceptors (Lipinski definition) is 5. The van der Waals surface area contributed by atoms with Crippen LogP contribution in [0, 0.1) is 0 Å². The van der Waals surface area contributed by atoms with E-state index in [0.717, 1.165) is 41.1 Å². The van der Waals surface area contributed by atoms with E-state index < -0.39 is 0 Å². The molecule has 1 aliphatic heterocycles. The second-order valence-electron chi connectivity index (χ2n) is 8.52. The fourth-order valence-corrected chi connectivity index (χ4v) is 4.65. The number of aromatic nitrogens is 2. The van der Waals surface area contributed by atoms with Gasteiger partial charge in [-0.1, -0.05) is 18.2 Å². The molecule has 2 fully saturated rings. The summed E-state index contributed by atoms with van der Waals surface area (Å²) in [4.78, 5) is 25.4. The van der Waals surface area contributed by atoms with E-state index in [1.54, 1.807) is 6.92 Å². The number of benzene rings is 1. The van der Waals surface area contributed by atoms with E-state index in [0.29, 0.717) is 18.2 Å². The number of amides is 1. The molecule has 0 spiro atoms. The summed E-state index contributed by atoms with van der Waals surface area (Å²) in [6.07, 6.45) is 6.08. The van der Waals surface area contributed by atoms with Crippen LogP contribution in [0.3, 0.4) is 0 Å². The first-order valence-corrected chi connectivity index (χ1v) is 10.7. The zero-order chi connectivity index (χ0) is 20.8. The molecule has 3 heterocycles. The van der Waals surface area contributed by atoms with Gasteiger partial charge in [0, 0.05) is 61.9 Å². The van der Waals surface area contributed by atoms with Crippen molar-refractivity contribution in [3.8, 4) is 11.1 Å². The maximum Gasteiger partial charge on any atom is 0.219 e. The maximum atomic E-state index is 11.8. The molecule has 0 unspecified atom stereocenters. The number of pyridine rings is 2. The van der Waals surface area contributed by atoms with E-state index in [2.05, 4.69) is 47.1 Å². The van der Waals surface area contributed by atoms with E-state index in [-0.39, 0.29) is 11.9 Å². The number of nitrogens with zero attached hydrogens (tertiary/aromatic N) is 4. The Hall–Kier alpha value is -3.15. The van der Waals surface area contributed by atoms with Crippen LogP contribution in [-0.4, -0.2) is 46.5 Å². The van der Waals surface area contributed by atoms with Crippen LogP contribution in [0.5, 0.6) is 0 Å². The molecule has 1 aromatic carbocycles. The molecule has 2 N–H and O–H groups in total. The van der Waals surface area contributed by atoms with Gasteiger partial charge in [-0.05, 0) is 42.8 Å². The average molecular weight is 402 g/mol. The van der Waals surface area contributed by atoms with Gasteiger partial charge in [-0.15, -0.1) is 0 Å². The number of nitrogens with two attached hydrogens (primary N) is 1. The van der Waals surface area contributed by atoms with Crippen LogP contribution in [-0.2, 0) is 4.79 Å². The Morgan fingerprint density at radius 3 is 2.73 bits per heavy atom. The normalized spacial score (nSPS) is 19.3. The summed E-state index contributed by atoms with van der Waals surface area (Å²) < 4.78 is 0. The van der Waals surface area contributed by atoms with E-state index >= 15 is 0 Å². The van der Waals surface area contributed by atoms with Crippen molar-refractivity contribution in [2.75, 3.05) is 30.3 Å². The monoisotopic (exact) mass is 401 g/mol. The van der Waals surface area contributed by atoms with Gasteiger partial charge in [0.25, 0.3) is 0 Å². The highest BCUT2D eigenvalue weighted by molar-refractivity contribution is 5.97. The molecular weight excluding hydrogens is 374 g/mol. The Bertz CT molecular complexity index is 1120. The number of anilines is 2. The quantitative estimate of drug-likeness (QED) is 0.722. The van der Waals surface area contributed by atoms with Crippen molar-refractivity contribution < 1.29 is 4.79 Å². The van der Waals surface area contributed by atoms with Crippen LogP contribution in [0.15, 0.2) is 42.7 Å². The van der Waals surface area contributed by atoms with E-state index in [9.17, 15) is 4.79 Å². The average Bonchev–Trinajstić information content (AvgIpc) is 3.58. The highest BCUT2D eigenvalue weighted by Crippen LogP contribution is 2.46. The fraction of sp³-hybridized carbons (Fsp3) is 0.375. The van der Waals surface area contributed by atoms with Crippen LogP contribution in [0.2, 0.25) is 0 Å². The standard InChI is InChI=1S/C24H27N5O/c1-15-14-28(10-11-29(15)16(2)30)24-22(25)12-21(23(27-24)17-6-7-17)20-5-3-4-18-13-26-9-8-19(18)20/h3-5,8-9,12-13,15,17H,6-7,10-11,14,25H2,1-2H3/t15-/m1/s1. The number of carbonyl (C=O) groups is 1. The minimum Gasteiger partial charge on any atom is -0.396 e. The number of hydrogen-bond donors (Lipinski definition) is 1. The van der Waals surface area contributed by atoms with Gasteiger partial charge in [0.15, 0.2) is 5.82 Å². The molecule has 6 nitrogen and oxygen atoms in total. The molecular formula is C24H27N5O. The molecule has 5 rings (SSSR count). The van der Waals surface area contributed by atoms with Crippen LogP contribution in [0.4, 0.5) is 11.5 Å². The molecule has 0 bridgehead atoms. The summed E-state index contributed by atoms with van der Waals surface area (Å²) in [5.41, 5.74) is 10.7. The van der Waals surface area contributed by atoms with Crippen molar-refractivity contribution in [3.63, 3.8) is 0 Å². The largest absolute Gasteiger partial charge is 0.396 e. The number of fused-ring (bicyclic) bond motifs is 1. The highest BCUT2D eigenvalue weighted by atomic mass is 16.2. The van der Waals surface area contributed by atoms with Crippen molar-refractivity contribution >= 4 is 28.2 Å². The second kappa shape index (κ2) is 7.27. The van der Waals surface area contributed by atoms with Crippen LogP contribution < -0.4 is 10.6 Å².